The van der Waals surface area contributed by atoms with Crippen molar-refractivity contribution in [3.8, 4) is 0 Å². The Labute approximate surface area is 119 Å². The second kappa shape index (κ2) is 5.90. The van der Waals surface area contributed by atoms with Gasteiger partial charge in [-0.1, -0.05) is 25.1 Å². The quantitative estimate of drug-likeness (QED) is 0.803. The summed E-state index contributed by atoms with van der Waals surface area (Å²) in [5.74, 6) is 0.768. The van der Waals surface area contributed by atoms with Gasteiger partial charge in [-0.05, 0) is 30.5 Å². The van der Waals surface area contributed by atoms with Crippen molar-refractivity contribution in [2.75, 3.05) is 0 Å². The van der Waals surface area contributed by atoms with Crippen LogP contribution < -0.4 is 0 Å². The number of hydrogen-bond donors (Lipinski definition) is 0. The highest BCUT2D eigenvalue weighted by atomic mass is 16.5. The summed E-state index contributed by atoms with van der Waals surface area (Å²) >= 11 is 0. The fourth-order valence-corrected chi connectivity index (χ4v) is 2.35. The van der Waals surface area contributed by atoms with Crippen molar-refractivity contribution in [3.05, 3.63) is 53.1 Å². The van der Waals surface area contributed by atoms with Gasteiger partial charge in [0.05, 0.1) is 0 Å². The number of esters is 1. The van der Waals surface area contributed by atoms with Crippen molar-refractivity contribution in [3.63, 3.8) is 0 Å². The molecule has 1 atom stereocenters. The van der Waals surface area contributed by atoms with E-state index in [4.69, 9.17) is 4.74 Å². The summed E-state index contributed by atoms with van der Waals surface area (Å²) in [5.41, 5.74) is 3.80. The number of hydrogen-bond acceptors (Lipinski definition) is 3. The van der Waals surface area contributed by atoms with Crippen LogP contribution in [0.2, 0.25) is 0 Å². The summed E-state index contributed by atoms with van der Waals surface area (Å²) in [5, 5.41) is 0. The lowest BCUT2D eigenvalue weighted by atomic mass is 9.93. The lowest BCUT2D eigenvalue weighted by Gasteiger charge is -2.17. The molecule has 0 N–H and O–H groups in total. The third kappa shape index (κ3) is 2.90. The van der Waals surface area contributed by atoms with Gasteiger partial charge in [0.25, 0.3) is 0 Å². The molecule has 0 amide bonds. The molecule has 20 heavy (non-hydrogen) atoms. The second-order valence-electron chi connectivity index (χ2n) is 5.03. The first kappa shape index (κ1) is 14.3. The van der Waals surface area contributed by atoms with Crippen LogP contribution in [0.1, 0.15) is 42.3 Å². The Bertz CT molecular complexity index is 617. The zero-order valence-corrected chi connectivity index (χ0v) is 12.4. The average molecular weight is 272 g/mol. The Balaban J connectivity index is 2.29. The number of aryl methyl sites for hydroxylation is 1. The maximum atomic E-state index is 10.9. The van der Waals surface area contributed by atoms with E-state index < -0.39 is 0 Å². The number of imidazole rings is 1. The van der Waals surface area contributed by atoms with Crippen molar-refractivity contribution in [2.45, 2.75) is 40.3 Å². The lowest BCUT2D eigenvalue weighted by molar-refractivity contribution is -0.144. The molecule has 0 saturated heterocycles. The van der Waals surface area contributed by atoms with Gasteiger partial charge in [0.15, 0.2) is 6.73 Å². The minimum absolute atomic E-state index is 0.153. The number of nitrogens with zero attached hydrogens (tertiary/aromatic N) is 2. The molecular formula is C16H20N2O2. The van der Waals surface area contributed by atoms with Crippen LogP contribution in [0.15, 0.2) is 30.6 Å². The number of aromatic nitrogens is 2. The molecule has 0 aliphatic heterocycles. The fourth-order valence-electron chi connectivity index (χ4n) is 2.35. The van der Waals surface area contributed by atoms with E-state index in [1.165, 1.54) is 23.6 Å². The molecule has 4 nitrogen and oxygen atoms in total. The van der Waals surface area contributed by atoms with Crippen LogP contribution in [0.5, 0.6) is 0 Å². The Morgan fingerprint density at radius 1 is 1.40 bits per heavy atom. The molecule has 1 aromatic heterocycles. The highest BCUT2D eigenvalue weighted by Gasteiger charge is 2.17. The summed E-state index contributed by atoms with van der Waals surface area (Å²) in [4.78, 5) is 15.3. The van der Waals surface area contributed by atoms with E-state index in [0.29, 0.717) is 0 Å². The topological polar surface area (TPSA) is 44.1 Å². The molecule has 0 spiro atoms. The maximum absolute atomic E-state index is 10.9. The first-order valence-electron chi connectivity index (χ1n) is 6.71. The Morgan fingerprint density at radius 2 is 2.15 bits per heavy atom. The Morgan fingerprint density at radius 3 is 2.85 bits per heavy atom. The van der Waals surface area contributed by atoms with E-state index in [9.17, 15) is 4.79 Å². The largest absolute Gasteiger partial charge is 0.444 e. The molecule has 106 valence electrons. The Hall–Kier alpha value is -2.10. The molecule has 0 unspecified atom stereocenters. The third-order valence-corrected chi connectivity index (χ3v) is 3.65. The minimum atomic E-state index is -0.288. The monoisotopic (exact) mass is 272 g/mol. The van der Waals surface area contributed by atoms with Crippen LogP contribution in [0.25, 0.3) is 0 Å². The normalized spacial score (nSPS) is 12.2. The third-order valence-electron chi connectivity index (χ3n) is 3.65. The molecule has 0 fully saturated rings. The minimum Gasteiger partial charge on any atom is -0.444 e. The van der Waals surface area contributed by atoms with Crippen molar-refractivity contribution in [1.82, 2.24) is 9.55 Å². The van der Waals surface area contributed by atoms with Gasteiger partial charge in [-0.25, -0.2) is 4.98 Å². The SMILES string of the molecule is CC(=O)OCn1ccnc1[C@H](C)c1cccc(C)c1C. The van der Waals surface area contributed by atoms with E-state index in [-0.39, 0.29) is 18.6 Å². The molecule has 2 rings (SSSR count). The van der Waals surface area contributed by atoms with Crippen LogP contribution >= 0.6 is 0 Å². The number of carbonyl (C=O) groups is 1. The molecule has 4 heteroatoms. The lowest BCUT2D eigenvalue weighted by Crippen LogP contribution is -2.12. The maximum Gasteiger partial charge on any atom is 0.304 e. The van der Waals surface area contributed by atoms with Gasteiger partial charge < -0.3 is 9.30 Å². The van der Waals surface area contributed by atoms with Gasteiger partial charge in [0.2, 0.25) is 0 Å². The summed E-state index contributed by atoms with van der Waals surface area (Å²) in [6.45, 7) is 7.97. The molecule has 0 radical (unpaired) electrons. The molecule has 0 aliphatic rings. The van der Waals surface area contributed by atoms with Crippen molar-refractivity contribution in [1.29, 1.82) is 0 Å². The van der Waals surface area contributed by atoms with Crippen LogP contribution in [-0.2, 0) is 16.3 Å². The van der Waals surface area contributed by atoms with Crippen molar-refractivity contribution >= 4 is 5.97 Å². The van der Waals surface area contributed by atoms with E-state index in [1.54, 1.807) is 6.20 Å². The number of carbonyl (C=O) groups excluding carboxylic acids is 1. The van der Waals surface area contributed by atoms with Crippen LogP contribution in [0.4, 0.5) is 0 Å². The molecule has 0 aliphatic carbocycles. The predicted octanol–water partition coefficient (Wildman–Crippen LogP) is 3.17. The summed E-state index contributed by atoms with van der Waals surface area (Å²) in [7, 11) is 0. The number of ether oxygens (including phenoxy) is 1. The zero-order chi connectivity index (χ0) is 14.7. The second-order valence-corrected chi connectivity index (χ2v) is 5.03. The van der Waals surface area contributed by atoms with Gasteiger partial charge in [-0.15, -0.1) is 0 Å². The highest BCUT2D eigenvalue weighted by Crippen LogP contribution is 2.27. The summed E-state index contributed by atoms with van der Waals surface area (Å²) in [6.07, 6.45) is 3.57. The van der Waals surface area contributed by atoms with E-state index in [2.05, 4.69) is 44.0 Å². The van der Waals surface area contributed by atoms with E-state index in [1.807, 2.05) is 10.8 Å². The molecular weight excluding hydrogens is 252 g/mol. The van der Waals surface area contributed by atoms with Crippen molar-refractivity contribution in [2.24, 2.45) is 0 Å². The van der Waals surface area contributed by atoms with Crippen LogP contribution in [0, 0.1) is 13.8 Å². The number of rotatable bonds is 4. The predicted molar refractivity (Wildman–Crippen MR) is 77.4 cm³/mol. The fraction of sp³-hybridized carbons (Fsp3) is 0.375. The standard InChI is InChI=1S/C16H20N2O2/c1-11-6-5-7-15(12(11)2)13(3)16-17-8-9-18(16)10-20-14(4)19/h5-9,13H,10H2,1-4H3/t13-/m1/s1. The smallest absolute Gasteiger partial charge is 0.304 e. The van der Waals surface area contributed by atoms with E-state index >= 15 is 0 Å². The van der Waals surface area contributed by atoms with Gasteiger partial charge >= 0.3 is 5.97 Å². The first-order chi connectivity index (χ1) is 9.50. The molecule has 0 saturated carbocycles. The van der Waals surface area contributed by atoms with Crippen molar-refractivity contribution < 1.29 is 9.53 Å². The van der Waals surface area contributed by atoms with Gasteiger partial charge in [-0.3, -0.25) is 4.79 Å². The van der Waals surface area contributed by atoms with Crippen LogP contribution in [0.3, 0.4) is 0 Å². The molecule has 1 aromatic carbocycles. The van der Waals surface area contributed by atoms with Crippen LogP contribution in [-0.4, -0.2) is 15.5 Å². The molecule has 1 heterocycles. The number of benzene rings is 1. The first-order valence-corrected chi connectivity index (χ1v) is 6.71. The van der Waals surface area contributed by atoms with Gasteiger partial charge in [0.1, 0.15) is 5.82 Å². The molecule has 0 bridgehead atoms. The van der Waals surface area contributed by atoms with Gasteiger partial charge in [0, 0.05) is 25.2 Å². The zero-order valence-electron chi connectivity index (χ0n) is 12.4. The summed E-state index contributed by atoms with van der Waals surface area (Å²) in [6, 6.07) is 6.29. The average Bonchev–Trinajstić information content (AvgIpc) is 2.87. The summed E-state index contributed by atoms with van der Waals surface area (Å²) < 4.78 is 6.92. The Kier molecular flexibility index (Phi) is 4.23. The molecule has 2 aromatic rings. The van der Waals surface area contributed by atoms with Gasteiger partial charge in [-0.2, -0.15) is 0 Å². The highest BCUT2D eigenvalue weighted by molar-refractivity contribution is 5.65. The van der Waals surface area contributed by atoms with E-state index in [0.717, 1.165) is 5.82 Å².